The second-order valence-electron chi connectivity index (χ2n) is 3.46. The highest BCUT2D eigenvalue weighted by atomic mass is 79.9. The number of ether oxygens (including phenoxy) is 1. The Morgan fingerprint density at radius 3 is 3.00 bits per heavy atom. The SMILES string of the molecule is COc1cnccc1C(=O)NCc1ccc(Br)s1. The number of carbonyl (C=O) groups excluding carboxylic acids is 1. The minimum Gasteiger partial charge on any atom is -0.494 e. The lowest BCUT2D eigenvalue weighted by Crippen LogP contribution is -2.22. The Morgan fingerprint density at radius 2 is 2.33 bits per heavy atom. The van der Waals surface area contributed by atoms with Crippen LogP contribution in [0.3, 0.4) is 0 Å². The van der Waals surface area contributed by atoms with Crippen LogP contribution in [0.25, 0.3) is 0 Å². The molecule has 0 aliphatic carbocycles. The standard InChI is InChI=1S/C12H11BrN2O2S/c1-17-10-7-14-5-4-9(10)12(16)15-6-8-2-3-11(13)18-8/h2-5,7H,6H2,1H3,(H,15,16). The van der Waals surface area contributed by atoms with Crippen LogP contribution in [0.4, 0.5) is 0 Å². The van der Waals surface area contributed by atoms with Crippen molar-refractivity contribution in [2.45, 2.75) is 6.54 Å². The monoisotopic (exact) mass is 326 g/mol. The van der Waals surface area contributed by atoms with E-state index in [0.717, 1.165) is 8.66 Å². The van der Waals surface area contributed by atoms with Gasteiger partial charge < -0.3 is 10.1 Å². The lowest BCUT2D eigenvalue weighted by atomic mass is 10.2. The molecule has 2 aromatic heterocycles. The van der Waals surface area contributed by atoms with Crippen LogP contribution in [0.1, 0.15) is 15.2 Å². The highest BCUT2D eigenvalue weighted by Gasteiger charge is 2.11. The zero-order chi connectivity index (χ0) is 13.0. The maximum atomic E-state index is 12.0. The van der Waals surface area contributed by atoms with Crippen molar-refractivity contribution >= 4 is 33.2 Å². The minimum absolute atomic E-state index is 0.168. The van der Waals surface area contributed by atoms with E-state index in [2.05, 4.69) is 26.2 Å². The lowest BCUT2D eigenvalue weighted by molar-refractivity contribution is 0.0948. The number of thiophene rings is 1. The molecule has 0 aliphatic heterocycles. The average molecular weight is 327 g/mol. The Bertz CT molecular complexity index is 557. The predicted octanol–water partition coefficient (Wildman–Crippen LogP) is 2.84. The molecule has 0 bridgehead atoms. The molecule has 4 nitrogen and oxygen atoms in total. The molecule has 0 aromatic carbocycles. The van der Waals surface area contributed by atoms with E-state index in [4.69, 9.17) is 4.74 Å². The van der Waals surface area contributed by atoms with Gasteiger partial charge in [0.1, 0.15) is 5.75 Å². The molecule has 0 fully saturated rings. The van der Waals surface area contributed by atoms with Crippen LogP contribution in [-0.4, -0.2) is 18.0 Å². The molecule has 2 heterocycles. The number of nitrogens with zero attached hydrogens (tertiary/aromatic N) is 1. The van der Waals surface area contributed by atoms with Gasteiger partial charge in [-0.05, 0) is 34.1 Å². The largest absolute Gasteiger partial charge is 0.494 e. The Morgan fingerprint density at radius 1 is 1.50 bits per heavy atom. The van der Waals surface area contributed by atoms with Gasteiger partial charge in [0.25, 0.3) is 5.91 Å². The van der Waals surface area contributed by atoms with E-state index in [9.17, 15) is 4.79 Å². The normalized spacial score (nSPS) is 10.1. The molecule has 94 valence electrons. The quantitative estimate of drug-likeness (QED) is 0.939. The Kier molecular flexibility index (Phi) is 4.33. The molecule has 0 saturated heterocycles. The second kappa shape index (κ2) is 5.97. The highest BCUT2D eigenvalue weighted by Crippen LogP contribution is 2.22. The van der Waals surface area contributed by atoms with Crippen molar-refractivity contribution < 1.29 is 9.53 Å². The maximum Gasteiger partial charge on any atom is 0.255 e. The van der Waals surface area contributed by atoms with Gasteiger partial charge in [-0.2, -0.15) is 0 Å². The first kappa shape index (κ1) is 13.0. The number of methoxy groups -OCH3 is 1. The van der Waals surface area contributed by atoms with Crippen LogP contribution >= 0.6 is 27.3 Å². The van der Waals surface area contributed by atoms with Gasteiger partial charge in [0.2, 0.25) is 0 Å². The Balaban J connectivity index is 2.03. The molecular weight excluding hydrogens is 316 g/mol. The van der Waals surface area contributed by atoms with E-state index in [0.29, 0.717) is 17.9 Å². The van der Waals surface area contributed by atoms with Crippen molar-refractivity contribution in [3.05, 3.63) is 44.8 Å². The smallest absolute Gasteiger partial charge is 0.255 e. The van der Waals surface area contributed by atoms with Crippen molar-refractivity contribution in [1.29, 1.82) is 0 Å². The Labute approximate surface area is 117 Å². The van der Waals surface area contributed by atoms with E-state index >= 15 is 0 Å². The molecule has 0 saturated carbocycles. The second-order valence-corrected chi connectivity index (χ2v) is 6.01. The molecular formula is C12H11BrN2O2S. The average Bonchev–Trinajstić information content (AvgIpc) is 2.81. The van der Waals surface area contributed by atoms with Gasteiger partial charge in [-0.1, -0.05) is 0 Å². The van der Waals surface area contributed by atoms with Gasteiger partial charge >= 0.3 is 0 Å². The number of hydrogen-bond acceptors (Lipinski definition) is 4. The fourth-order valence-electron chi connectivity index (χ4n) is 1.44. The highest BCUT2D eigenvalue weighted by molar-refractivity contribution is 9.11. The molecule has 0 unspecified atom stereocenters. The number of aromatic nitrogens is 1. The summed E-state index contributed by atoms with van der Waals surface area (Å²) in [4.78, 5) is 17.0. The van der Waals surface area contributed by atoms with Crippen LogP contribution in [-0.2, 0) is 6.54 Å². The van der Waals surface area contributed by atoms with Crippen LogP contribution in [0.15, 0.2) is 34.4 Å². The fourth-order valence-corrected chi connectivity index (χ4v) is 2.86. The van der Waals surface area contributed by atoms with E-state index < -0.39 is 0 Å². The van der Waals surface area contributed by atoms with Crippen molar-refractivity contribution in [3.63, 3.8) is 0 Å². The molecule has 1 N–H and O–H groups in total. The number of amides is 1. The summed E-state index contributed by atoms with van der Waals surface area (Å²) < 4.78 is 6.14. The van der Waals surface area contributed by atoms with Gasteiger partial charge in [0, 0.05) is 11.1 Å². The van der Waals surface area contributed by atoms with Crippen LogP contribution in [0.5, 0.6) is 5.75 Å². The van der Waals surface area contributed by atoms with E-state index in [1.54, 1.807) is 23.6 Å². The van der Waals surface area contributed by atoms with Gasteiger partial charge in [-0.3, -0.25) is 9.78 Å². The topological polar surface area (TPSA) is 51.2 Å². The summed E-state index contributed by atoms with van der Waals surface area (Å²) in [7, 11) is 1.52. The number of pyridine rings is 1. The van der Waals surface area contributed by atoms with Crippen molar-refractivity contribution in [3.8, 4) is 5.75 Å². The molecule has 2 aromatic rings. The van der Waals surface area contributed by atoms with E-state index in [-0.39, 0.29) is 5.91 Å². The van der Waals surface area contributed by atoms with Crippen molar-refractivity contribution in [1.82, 2.24) is 10.3 Å². The zero-order valence-corrected chi connectivity index (χ0v) is 12.0. The zero-order valence-electron chi connectivity index (χ0n) is 9.64. The fraction of sp³-hybridized carbons (Fsp3) is 0.167. The number of nitrogens with one attached hydrogen (secondary N) is 1. The number of carbonyl (C=O) groups is 1. The molecule has 1 amide bonds. The number of halogens is 1. The van der Waals surface area contributed by atoms with E-state index in [1.807, 2.05) is 12.1 Å². The first-order chi connectivity index (χ1) is 8.70. The molecule has 18 heavy (non-hydrogen) atoms. The van der Waals surface area contributed by atoms with E-state index in [1.165, 1.54) is 13.3 Å². The molecule has 2 rings (SSSR count). The third-order valence-electron chi connectivity index (χ3n) is 2.30. The lowest BCUT2D eigenvalue weighted by Gasteiger charge is -2.07. The van der Waals surface area contributed by atoms with Crippen LogP contribution in [0, 0.1) is 0 Å². The van der Waals surface area contributed by atoms with Gasteiger partial charge in [-0.25, -0.2) is 0 Å². The maximum absolute atomic E-state index is 12.0. The Hall–Kier alpha value is -1.40. The van der Waals surface area contributed by atoms with Crippen LogP contribution in [0.2, 0.25) is 0 Å². The molecule has 0 spiro atoms. The molecule has 0 atom stereocenters. The number of rotatable bonds is 4. The third-order valence-corrected chi connectivity index (χ3v) is 3.92. The molecule has 0 aliphatic rings. The van der Waals surface area contributed by atoms with Gasteiger partial charge in [-0.15, -0.1) is 11.3 Å². The summed E-state index contributed by atoms with van der Waals surface area (Å²) in [5, 5.41) is 2.85. The minimum atomic E-state index is -0.168. The number of hydrogen-bond donors (Lipinski definition) is 1. The van der Waals surface area contributed by atoms with Crippen LogP contribution < -0.4 is 10.1 Å². The summed E-state index contributed by atoms with van der Waals surface area (Å²) in [6.45, 7) is 0.501. The molecule has 0 radical (unpaired) electrons. The first-order valence-corrected chi connectivity index (χ1v) is 6.82. The first-order valence-electron chi connectivity index (χ1n) is 5.21. The van der Waals surface area contributed by atoms with Crippen molar-refractivity contribution in [2.24, 2.45) is 0 Å². The van der Waals surface area contributed by atoms with Crippen molar-refractivity contribution in [2.75, 3.05) is 7.11 Å². The summed E-state index contributed by atoms with van der Waals surface area (Å²) in [5.41, 5.74) is 0.489. The van der Waals surface area contributed by atoms with Gasteiger partial charge in [0.15, 0.2) is 0 Å². The third kappa shape index (κ3) is 3.08. The van der Waals surface area contributed by atoms with Gasteiger partial charge in [0.05, 0.1) is 29.2 Å². The summed E-state index contributed by atoms with van der Waals surface area (Å²) in [6, 6.07) is 5.57. The summed E-state index contributed by atoms with van der Waals surface area (Å²) >= 11 is 4.98. The predicted molar refractivity (Wildman–Crippen MR) is 74.0 cm³/mol. The molecule has 6 heteroatoms. The summed E-state index contributed by atoms with van der Waals surface area (Å²) in [5.74, 6) is 0.307. The summed E-state index contributed by atoms with van der Waals surface area (Å²) in [6.07, 6.45) is 3.09.